The fraction of sp³-hybridized carbons (Fsp3) is 0.500. The Morgan fingerprint density at radius 3 is 2.25 bits per heavy atom. The second-order valence-electron chi connectivity index (χ2n) is 6.45. The van der Waals surface area contributed by atoms with E-state index in [9.17, 15) is 0 Å². The van der Waals surface area contributed by atoms with Gasteiger partial charge in [0.15, 0.2) is 0 Å². The molecular weight excluding hydrogens is 300 g/mol. The predicted molar refractivity (Wildman–Crippen MR) is 101 cm³/mol. The number of anilines is 3. The molecule has 2 N–H and O–H groups in total. The topological polar surface area (TPSA) is 48.4 Å². The van der Waals surface area contributed by atoms with Crippen molar-refractivity contribution >= 4 is 17.1 Å². The van der Waals surface area contributed by atoms with Gasteiger partial charge in [-0.15, -0.1) is 0 Å². The zero-order valence-electron chi connectivity index (χ0n) is 15.1. The minimum atomic E-state index is 0.883. The maximum atomic E-state index is 4.53. The Morgan fingerprint density at radius 1 is 1.00 bits per heavy atom. The van der Waals surface area contributed by atoms with Crippen molar-refractivity contribution in [2.45, 2.75) is 27.3 Å². The highest BCUT2D eigenvalue weighted by atomic mass is 15.4. The van der Waals surface area contributed by atoms with E-state index in [1.54, 1.807) is 0 Å². The third-order valence-corrected chi connectivity index (χ3v) is 4.75. The largest absolute Gasteiger partial charge is 0.369 e. The Balaban J connectivity index is 1.61. The minimum absolute atomic E-state index is 0.883. The molecule has 3 rings (SSSR count). The molecule has 0 unspecified atom stereocenters. The smallest absolute Gasteiger partial charge is 0.0978 e. The van der Waals surface area contributed by atoms with Crippen LogP contribution in [-0.2, 0) is 6.54 Å². The molecule has 1 aliphatic heterocycles. The van der Waals surface area contributed by atoms with Crippen molar-refractivity contribution in [1.82, 2.24) is 14.7 Å². The lowest BCUT2D eigenvalue weighted by atomic mass is 10.2. The molecule has 0 spiro atoms. The van der Waals surface area contributed by atoms with Crippen LogP contribution < -0.4 is 15.8 Å². The quantitative estimate of drug-likeness (QED) is 0.827. The van der Waals surface area contributed by atoms with E-state index in [2.05, 4.69) is 70.9 Å². The number of rotatable bonds is 5. The van der Waals surface area contributed by atoms with Crippen LogP contribution in [0.2, 0.25) is 0 Å². The van der Waals surface area contributed by atoms with Gasteiger partial charge in [-0.2, -0.15) is 5.10 Å². The summed E-state index contributed by atoms with van der Waals surface area (Å²) < 4.78 is 2.01. The first kappa shape index (κ1) is 16.6. The Morgan fingerprint density at radius 2 is 1.67 bits per heavy atom. The molecule has 0 amide bonds. The zero-order chi connectivity index (χ0) is 17.1. The third kappa shape index (κ3) is 3.48. The van der Waals surface area contributed by atoms with Crippen LogP contribution in [-0.4, -0.2) is 47.9 Å². The van der Waals surface area contributed by atoms with Gasteiger partial charge in [-0.3, -0.25) is 10.1 Å². The standard InChI is InChI=1S/C18H28N6/c1-5-24-15(3)18(14(2)21-24)20-19-16-6-8-17(9-7-16)23-12-10-22(4)11-13-23/h6-9,19-20H,5,10-13H2,1-4H3. The molecule has 0 atom stereocenters. The molecule has 6 heteroatoms. The van der Waals surface area contributed by atoms with E-state index >= 15 is 0 Å². The molecule has 0 aliphatic carbocycles. The number of hydrazine groups is 1. The first-order valence-corrected chi connectivity index (χ1v) is 8.68. The Kier molecular flexibility index (Phi) is 4.94. The highest BCUT2D eigenvalue weighted by Gasteiger charge is 2.14. The summed E-state index contributed by atoms with van der Waals surface area (Å²) >= 11 is 0. The summed E-state index contributed by atoms with van der Waals surface area (Å²) in [5.74, 6) is 0. The molecule has 1 aromatic carbocycles. The van der Waals surface area contributed by atoms with Crippen molar-refractivity contribution < 1.29 is 0 Å². The van der Waals surface area contributed by atoms with Crippen molar-refractivity contribution in [3.63, 3.8) is 0 Å². The molecule has 0 bridgehead atoms. The monoisotopic (exact) mass is 328 g/mol. The molecule has 2 heterocycles. The molecule has 0 radical (unpaired) electrons. The number of aryl methyl sites for hydroxylation is 2. The minimum Gasteiger partial charge on any atom is -0.369 e. The average molecular weight is 328 g/mol. The van der Waals surface area contributed by atoms with Crippen LogP contribution >= 0.6 is 0 Å². The van der Waals surface area contributed by atoms with Crippen molar-refractivity contribution in [2.75, 3.05) is 49.0 Å². The lowest BCUT2D eigenvalue weighted by Crippen LogP contribution is -2.44. The number of nitrogens with zero attached hydrogens (tertiary/aromatic N) is 4. The number of piperazine rings is 1. The lowest BCUT2D eigenvalue weighted by molar-refractivity contribution is 0.313. The maximum Gasteiger partial charge on any atom is 0.0978 e. The van der Waals surface area contributed by atoms with Crippen molar-refractivity contribution in [3.05, 3.63) is 35.7 Å². The molecule has 24 heavy (non-hydrogen) atoms. The fourth-order valence-electron chi connectivity index (χ4n) is 3.14. The lowest BCUT2D eigenvalue weighted by Gasteiger charge is -2.34. The van der Waals surface area contributed by atoms with Gasteiger partial charge in [0.25, 0.3) is 0 Å². The summed E-state index contributed by atoms with van der Waals surface area (Å²) in [7, 11) is 2.18. The van der Waals surface area contributed by atoms with Gasteiger partial charge in [-0.1, -0.05) is 0 Å². The summed E-state index contributed by atoms with van der Waals surface area (Å²) in [6, 6.07) is 8.61. The van der Waals surface area contributed by atoms with Gasteiger partial charge in [0.2, 0.25) is 0 Å². The van der Waals surface area contributed by atoms with Crippen LogP contribution in [0, 0.1) is 13.8 Å². The molecular formula is C18H28N6. The number of hydrogen-bond acceptors (Lipinski definition) is 5. The van der Waals surface area contributed by atoms with E-state index in [0.29, 0.717) is 0 Å². The third-order valence-electron chi connectivity index (χ3n) is 4.75. The van der Waals surface area contributed by atoms with E-state index in [1.165, 1.54) is 5.69 Å². The number of likely N-dealkylation sites (N-methyl/N-ethyl adjacent to an activating group) is 1. The molecule has 130 valence electrons. The van der Waals surface area contributed by atoms with Gasteiger partial charge >= 0.3 is 0 Å². The van der Waals surface area contributed by atoms with Gasteiger partial charge in [0.05, 0.1) is 22.8 Å². The van der Waals surface area contributed by atoms with Crippen LogP contribution in [0.15, 0.2) is 24.3 Å². The second-order valence-corrected chi connectivity index (χ2v) is 6.45. The van der Waals surface area contributed by atoms with Crippen molar-refractivity contribution in [1.29, 1.82) is 0 Å². The summed E-state index contributed by atoms with van der Waals surface area (Å²) in [6.45, 7) is 11.5. The molecule has 1 saturated heterocycles. The normalized spacial score (nSPS) is 15.6. The number of benzene rings is 1. The van der Waals surface area contributed by atoms with Crippen molar-refractivity contribution in [3.8, 4) is 0 Å². The van der Waals surface area contributed by atoms with Gasteiger partial charge in [-0.05, 0) is 52.1 Å². The summed E-state index contributed by atoms with van der Waals surface area (Å²) in [6.07, 6.45) is 0. The predicted octanol–water partition coefficient (Wildman–Crippen LogP) is 2.71. The van der Waals surface area contributed by atoms with E-state index in [-0.39, 0.29) is 0 Å². The molecule has 1 aliphatic rings. The van der Waals surface area contributed by atoms with Gasteiger partial charge < -0.3 is 15.2 Å². The molecule has 1 aromatic heterocycles. The average Bonchev–Trinajstić information content (AvgIpc) is 2.88. The highest BCUT2D eigenvalue weighted by molar-refractivity contribution is 5.60. The fourth-order valence-corrected chi connectivity index (χ4v) is 3.14. The first-order chi connectivity index (χ1) is 11.6. The summed E-state index contributed by atoms with van der Waals surface area (Å²) in [4.78, 5) is 4.81. The SMILES string of the molecule is CCn1nc(C)c(NNc2ccc(N3CCN(C)CC3)cc2)c1C. The number of aromatic nitrogens is 2. The molecule has 2 aromatic rings. The van der Waals surface area contributed by atoms with Crippen LogP contribution in [0.3, 0.4) is 0 Å². The Bertz CT molecular complexity index is 668. The second kappa shape index (κ2) is 7.13. The zero-order valence-corrected chi connectivity index (χ0v) is 15.1. The first-order valence-electron chi connectivity index (χ1n) is 8.68. The van der Waals surface area contributed by atoms with Gasteiger partial charge in [0, 0.05) is 38.4 Å². The van der Waals surface area contributed by atoms with Crippen molar-refractivity contribution in [2.24, 2.45) is 0 Å². The van der Waals surface area contributed by atoms with Crippen LogP contribution in [0.1, 0.15) is 18.3 Å². The molecule has 1 fully saturated rings. The van der Waals surface area contributed by atoms with E-state index in [1.807, 2.05) is 11.6 Å². The number of nitrogens with one attached hydrogen (secondary N) is 2. The van der Waals surface area contributed by atoms with Gasteiger partial charge in [0.1, 0.15) is 0 Å². The van der Waals surface area contributed by atoms with Crippen LogP contribution in [0.4, 0.5) is 17.1 Å². The van der Waals surface area contributed by atoms with Gasteiger partial charge in [-0.25, -0.2) is 0 Å². The highest BCUT2D eigenvalue weighted by Crippen LogP contribution is 2.22. The number of hydrogen-bond donors (Lipinski definition) is 2. The van der Waals surface area contributed by atoms with E-state index in [4.69, 9.17) is 0 Å². The maximum absolute atomic E-state index is 4.53. The van der Waals surface area contributed by atoms with Crippen LogP contribution in [0.5, 0.6) is 0 Å². The van der Waals surface area contributed by atoms with E-state index in [0.717, 1.165) is 55.5 Å². The van der Waals surface area contributed by atoms with E-state index < -0.39 is 0 Å². The molecule has 0 saturated carbocycles. The Labute approximate surface area is 144 Å². The Hall–Kier alpha value is -2.21. The summed E-state index contributed by atoms with van der Waals surface area (Å²) in [5.41, 5.74) is 12.1. The molecule has 6 nitrogen and oxygen atoms in total. The van der Waals surface area contributed by atoms with Crippen LogP contribution in [0.25, 0.3) is 0 Å². The summed E-state index contributed by atoms with van der Waals surface area (Å²) in [5, 5.41) is 4.53.